The Kier molecular flexibility index (Phi) is 3.04. The highest BCUT2D eigenvalue weighted by Gasteiger charge is 2.45. The number of furan rings is 1. The van der Waals surface area contributed by atoms with E-state index in [9.17, 15) is 0 Å². The maximum Gasteiger partial charge on any atom is 0.121 e. The average Bonchev–Trinajstić information content (AvgIpc) is 3.09. The van der Waals surface area contributed by atoms with Crippen molar-refractivity contribution in [1.82, 2.24) is 5.32 Å². The molecule has 0 unspecified atom stereocenters. The van der Waals surface area contributed by atoms with Gasteiger partial charge in [0.2, 0.25) is 0 Å². The predicted octanol–water partition coefficient (Wildman–Crippen LogP) is 3.99. The Morgan fingerprint density at radius 1 is 1.05 bits per heavy atom. The first kappa shape index (κ1) is 12.7. The summed E-state index contributed by atoms with van der Waals surface area (Å²) in [7, 11) is 0. The lowest BCUT2D eigenvalue weighted by Crippen LogP contribution is -2.48. The van der Waals surface area contributed by atoms with Gasteiger partial charge in [-0.3, -0.25) is 0 Å². The molecule has 0 radical (unpaired) electrons. The van der Waals surface area contributed by atoms with Crippen LogP contribution in [-0.4, -0.2) is 6.54 Å². The molecule has 1 aromatic carbocycles. The largest absolute Gasteiger partial charge is 0.468 e. The van der Waals surface area contributed by atoms with Crippen molar-refractivity contribution in [1.29, 1.82) is 0 Å². The van der Waals surface area contributed by atoms with E-state index in [-0.39, 0.29) is 11.5 Å². The van der Waals surface area contributed by atoms with Gasteiger partial charge in [-0.2, -0.15) is 0 Å². The number of hydrogen-bond donors (Lipinski definition) is 1. The molecular weight excluding hydrogens is 258 g/mol. The molecule has 1 aliphatic heterocycles. The molecule has 1 aromatic heterocycles. The smallest absolute Gasteiger partial charge is 0.121 e. The van der Waals surface area contributed by atoms with E-state index < -0.39 is 0 Å². The number of hydrogen-bond acceptors (Lipinski definition) is 2. The van der Waals surface area contributed by atoms with Crippen LogP contribution in [0.5, 0.6) is 0 Å². The van der Waals surface area contributed by atoms with Crippen molar-refractivity contribution in [3.05, 3.63) is 84.4 Å². The van der Waals surface area contributed by atoms with Crippen LogP contribution in [0.15, 0.2) is 77.4 Å². The van der Waals surface area contributed by atoms with E-state index in [4.69, 9.17) is 4.42 Å². The van der Waals surface area contributed by atoms with Crippen LogP contribution in [0.25, 0.3) is 0 Å². The third kappa shape index (κ3) is 1.98. The second kappa shape index (κ2) is 5.05. The number of piperidine rings is 1. The van der Waals surface area contributed by atoms with Gasteiger partial charge in [-0.25, -0.2) is 0 Å². The van der Waals surface area contributed by atoms with Gasteiger partial charge in [0, 0.05) is 11.3 Å². The molecule has 2 aromatic rings. The normalized spacial score (nSPS) is 31.0. The molecule has 3 atom stereocenters. The molecule has 21 heavy (non-hydrogen) atoms. The quantitative estimate of drug-likeness (QED) is 0.897. The van der Waals surface area contributed by atoms with Crippen molar-refractivity contribution in [2.75, 3.05) is 6.54 Å². The van der Waals surface area contributed by atoms with Crippen LogP contribution >= 0.6 is 0 Å². The number of allylic oxidation sites excluding steroid dienone is 3. The minimum atomic E-state index is 0.0682. The van der Waals surface area contributed by atoms with E-state index in [1.54, 1.807) is 6.26 Å². The van der Waals surface area contributed by atoms with E-state index in [1.807, 2.05) is 6.07 Å². The van der Waals surface area contributed by atoms with Gasteiger partial charge in [0.1, 0.15) is 5.76 Å². The maximum atomic E-state index is 5.68. The summed E-state index contributed by atoms with van der Waals surface area (Å²) in [4.78, 5) is 0. The first-order valence-electron chi connectivity index (χ1n) is 7.58. The molecule has 0 amide bonds. The van der Waals surface area contributed by atoms with E-state index in [1.165, 1.54) is 5.56 Å². The van der Waals surface area contributed by atoms with Crippen LogP contribution in [0.3, 0.4) is 0 Å². The lowest BCUT2D eigenvalue weighted by atomic mass is 9.61. The molecule has 1 saturated heterocycles. The van der Waals surface area contributed by atoms with E-state index in [2.05, 4.69) is 66.0 Å². The van der Waals surface area contributed by atoms with Gasteiger partial charge in [-0.05, 0) is 30.7 Å². The Labute approximate surface area is 125 Å². The summed E-state index contributed by atoms with van der Waals surface area (Å²) in [5.74, 6) is 1.41. The topological polar surface area (TPSA) is 25.2 Å². The van der Waals surface area contributed by atoms with Gasteiger partial charge >= 0.3 is 0 Å². The third-order valence-electron chi connectivity index (χ3n) is 4.84. The zero-order valence-corrected chi connectivity index (χ0v) is 11.9. The molecule has 0 bridgehead atoms. The van der Waals surface area contributed by atoms with Gasteiger partial charge in [-0.15, -0.1) is 0 Å². The second-order valence-electron chi connectivity index (χ2n) is 5.87. The molecule has 1 N–H and O–H groups in total. The average molecular weight is 277 g/mol. The highest BCUT2D eigenvalue weighted by molar-refractivity contribution is 5.40. The Morgan fingerprint density at radius 3 is 2.76 bits per heavy atom. The highest BCUT2D eigenvalue weighted by Crippen LogP contribution is 2.48. The van der Waals surface area contributed by atoms with Crippen molar-refractivity contribution < 1.29 is 4.42 Å². The molecule has 106 valence electrons. The van der Waals surface area contributed by atoms with Crippen LogP contribution in [-0.2, 0) is 5.41 Å². The number of fused-ring (bicyclic) bond motifs is 1. The lowest BCUT2D eigenvalue weighted by Gasteiger charge is -2.47. The summed E-state index contributed by atoms with van der Waals surface area (Å²) in [6.07, 6.45) is 11.9. The monoisotopic (exact) mass is 277 g/mol. The van der Waals surface area contributed by atoms with Crippen LogP contribution in [0.4, 0.5) is 0 Å². The van der Waals surface area contributed by atoms with Crippen LogP contribution in [0.1, 0.15) is 23.8 Å². The second-order valence-corrected chi connectivity index (χ2v) is 5.87. The van der Waals surface area contributed by atoms with Crippen molar-refractivity contribution in [3.63, 3.8) is 0 Å². The molecular formula is C19H19NO. The summed E-state index contributed by atoms with van der Waals surface area (Å²) in [6.45, 7) is 0.995. The molecule has 2 heterocycles. The molecule has 0 saturated carbocycles. The molecule has 1 aliphatic carbocycles. The number of nitrogens with one attached hydrogen (secondary N) is 1. The molecule has 2 heteroatoms. The fourth-order valence-corrected chi connectivity index (χ4v) is 3.84. The first-order chi connectivity index (χ1) is 10.4. The minimum absolute atomic E-state index is 0.0682. The van der Waals surface area contributed by atoms with E-state index in [0.717, 1.165) is 18.7 Å². The van der Waals surface area contributed by atoms with Crippen molar-refractivity contribution >= 4 is 0 Å². The number of benzene rings is 1. The summed E-state index contributed by atoms with van der Waals surface area (Å²) in [5, 5.41) is 3.64. The minimum Gasteiger partial charge on any atom is -0.468 e. The summed E-state index contributed by atoms with van der Waals surface area (Å²) >= 11 is 0. The first-order valence-corrected chi connectivity index (χ1v) is 7.58. The SMILES string of the molecule is C1=C[C@H]2[C@H](c3ccco3)NCC[C@@]2(c2ccccc2)C=C1. The van der Waals surface area contributed by atoms with Crippen molar-refractivity contribution in [2.45, 2.75) is 17.9 Å². The maximum absolute atomic E-state index is 5.68. The van der Waals surface area contributed by atoms with Gasteiger partial charge in [-0.1, -0.05) is 54.6 Å². The standard InChI is InChI=1S/C19H19NO/c1-2-7-15(8-3-1)19-11-5-4-9-16(19)18(20-13-12-19)17-10-6-14-21-17/h1-11,14,16,18,20H,12-13H2/t16-,18+,19+/m0/s1. The van der Waals surface area contributed by atoms with Crippen LogP contribution in [0.2, 0.25) is 0 Å². The van der Waals surface area contributed by atoms with Crippen LogP contribution in [0, 0.1) is 5.92 Å². The zero-order valence-electron chi connectivity index (χ0n) is 11.9. The van der Waals surface area contributed by atoms with E-state index in [0.29, 0.717) is 5.92 Å². The summed E-state index contributed by atoms with van der Waals surface area (Å²) < 4.78 is 5.68. The lowest BCUT2D eigenvalue weighted by molar-refractivity contribution is 0.205. The fourth-order valence-electron chi connectivity index (χ4n) is 3.84. The van der Waals surface area contributed by atoms with Gasteiger partial charge in [0.25, 0.3) is 0 Å². The third-order valence-corrected chi connectivity index (χ3v) is 4.84. The predicted molar refractivity (Wildman–Crippen MR) is 84.0 cm³/mol. The fraction of sp³-hybridized carbons (Fsp3) is 0.263. The zero-order chi connectivity index (χ0) is 14.1. The summed E-state index contributed by atoms with van der Waals surface area (Å²) in [5.41, 5.74) is 1.47. The molecule has 1 fully saturated rings. The Hall–Kier alpha value is -2.06. The Morgan fingerprint density at radius 2 is 1.95 bits per heavy atom. The van der Waals surface area contributed by atoms with Crippen LogP contribution < -0.4 is 5.32 Å². The van der Waals surface area contributed by atoms with E-state index >= 15 is 0 Å². The molecule has 0 spiro atoms. The summed E-state index contributed by atoms with van der Waals surface area (Å²) in [6, 6.07) is 15.1. The molecule has 4 rings (SSSR count). The Bertz CT molecular complexity index is 656. The molecule has 2 aliphatic rings. The van der Waals surface area contributed by atoms with Gasteiger partial charge in [0.15, 0.2) is 0 Å². The number of rotatable bonds is 2. The highest BCUT2D eigenvalue weighted by atomic mass is 16.3. The van der Waals surface area contributed by atoms with Gasteiger partial charge in [0.05, 0.1) is 12.3 Å². The van der Waals surface area contributed by atoms with Crippen molar-refractivity contribution in [3.8, 4) is 0 Å². The molecule has 2 nitrogen and oxygen atoms in total. The Balaban J connectivity index is 1.81. The van der Waals surface area contributed by atoms with Gasteiger partial charge < -0.3 is 9.73 Å². The van der Waals surface area contributed by atoms with Crippen molar-refractivity contribution in [2.24, 2.45) is 5.92 Å².